The van der Waals surface area contributed by atoms with E-state index in [0.717, 1.165) is 52.0 Å². The van der Waals surface area contributed by atoms with E-state index in [9.17, 15) is 9.59 Å². The van der Waals surface area contributed by atoms with Crippen molar-refractivity contribution in [1.82, 2.24) is 15.1 Å². The van der Waals surface area contributed by atoms with E-state index < -0.39 is 0 Å². The van der Waals surface area contributed by atoms with Crippen molar-refractivity contribution < 1.29 is 14.3 Å². The van der Waals surface area contributed by atoms with E-state index in [1.807, 2.05) is 11.8 Å². The van der Waals surface area contributed by atoms with Gasteiger partial charge in [-0.2, -0.15) is 0 Å². The third-order valence-corrected chi connectivity index (χ3v) is 4.80. The van der Waals surface area contributed by atoms with E-state index in [-0.39, 0.29) is 12.0 Å². The summed E-state index contributed by atoms with van der Waals surface area (Å²) in [6.45, 7) is 8.49. The molecule has 2 heterocycles. The zero-order chi connectivity index (χ0) is 16.7. The smallest absolute Gasteiger partial charge is 0.409 e. The Morgan fingerprint density at radius 3 is 2.52 bits per heavy atom. The van der Waals surface area contributed by atoms with Crippen LogP contribution >= 0.6 is 0 Å². The molecular formula is C17H31N3O3. The van der Waals surface area contributed by atoms with E-state index in [4.69, 9.17) is 4.74 Å². The summed E-state index contributed by atoms with van der Waals surface area (Å²) in [6, 6.07) is 0.397. The van der Waals surface area contributed by atoms with Crippen LogP contribution in [0.15, 0.2) is 0 Å². The summed E-state index contributed by atoms with van der Waals surface area (Å²) >= 11 is 0. The van der Waals surface area contributed by atoms with Gasteiger partial charge in [0.1, 0.15) is 0 Å². The molecule has 0 bridgehead atoms. The first kappa shape index (κ1) is 18.0. The molecule has 6 heteroatoms. The fourth-order valence-electron chi connectivity index (χ4n) is 3.44. The zero-order valence-corrected chi connectivity index (χ0v) is 14.6. The lowest BCUT2D eigenvalue weighted by molar-refractivity contribution is -0.132. The summed E-state index contributed by atoms with van der Waals surface area (Å²) in [7, 11) is 0. The molecule has 2 amide bonds. The van der Waals surface area contributed by atoms with Crippen molar-refractivity contribution in [1.29, 1.82) is 0 Å². The highest BCUT2D eigenvalue weighted by molar-refractivity contribution is 5.76. The average Bonchev–Trinajstić information content (AvgIpc) is 2.55. The summed E-state index contributed by atoms with van der Waals surface area (Å²) in [6.07, 6.45) is 4.58. The molecule has 6 nitrogen and oxygen atoms in total. The minimum Gasteiger partial charge on any atom is -0.450 e. The molecule has 0 unspecified atom stereocenters. The van der Waals surface area contributed by atoms with Gasteiger partial charge >= 0.3 is 6.09 Å². The number of carbonyl (C=O) groups is 2. The van der Waals surface area contributed by atoms with Crippen LogP contribution in [-0.2, 0) is 9.53 Å². The van der Waals surface area contributed by atoms with Crippen LogP contribution in [0.3, 0.4) is 0 Å². The van der Waals surface area contributed by atoms with Gasteiger partial charge in [0.15, 0.2) is 0 Å². The molecular weight excluding hydrogens is 294 g/mol. The zero-order valence-electron chi connectivity index (χ0n) is 14.6. The second-order valence-corrected chi connectivity index (χ2v) is 6.75. The van der Waals surface area contributed by atoms with Gasteiger partial charge in [-0.25, -0.2) is 4.79 Å². The topological polar surface area (TPSA) is 61.9 Å². The molecule has 2 rings (SSSR count). The van der Waals surface area contributed by atoms with Gasteiger partial charge in [-0.15, -0.1) is 0 Å². The maximum atomic E-state index is 12.2. The third kappa shape index (κ3) is 5.68. The van der Waals surface area contributed by atoms with Crippen molar-refractivity contribution >= 4 is 12.0 Å². The van der Waals surface area contributed by atoms with Crippen LogP contribution in [0, 0.1) is 5.92 Å². The van der Waals surface area contributed by atoms with E-state index >= 15 is 0 Å². The number of amides is 2. The number of nitrogens with zero attached hydrogens (tertiary/aromatic N) is 2. The Morgan fingerprint density at radius 2 is 1.87 bits per heavy atom. The number of rotatable bonds is 5. The maximum absolute atomic E-state index is 12.2. The van der Waals surface area contributed by atoms with Gasteiger partial charge in [0, 0.05) is 45.2 Å². The molecule has 0 radical (unpaired) electrons. The number of likely N-dealkylation sites (tertiary alicyclic amines) is 2. The largest absolute Gasteiger partial charge is 0.450 e. The average molecular weight is 325 g/mol. The van der Waals surface area contributed by atoms with Crippen molar-refractivity contribution in [3.05, 3.63) is 0 Å². The Hall–Kier alpha value is -1.30. The quantitative estimate of drug-likeness (QED) is 0.838. The Morgan fingerprint density at radius 1 is 1.13 bits per heavy atom. The first-order chi connectivity index (χ1) is 11.1. The number of nitrogens with one attached hydrogen (secondary N) is 1. The molecule has 0 aliphatic carbocycles. The predicted octanol–water partition coefficient (Wildman–Crippen LogP) is 1.85. The van der Waals surface area contributed by atoms with E-state index in [2.05, 4.69) is 12.2 Å². The first-order valence-corrected chi connectivity index (χ1v) is 9.03. The molecule has 0 spiro atoms. The van der Waals surface area contributed by atoms with Gasteiger partial charge in [0.2, 0.25) is 5.91 Å². The monoisotopic (exact) mass is 325 g/mol. The molecule has 0 aromatic carbocycles. The van der Waals surface area contributed by atoms with Crippen LogP contribution < -0.4 is 5.32 Å². The lowest BCUT2D eigenvalue weighted by Gasteiger charge is -2.33. The third-order valence-electron chi connectivity index (χ3n) is 4.80. The minimum absolute atomic E-state index is 0.208. The van der Waals surface area contributed by atoms with Crippen molar-refractivity contribution in [2.45, 2.75) is 52.0 Å². The van der Waals surface area contributed by atoms with Gasteiger partial charge in [-0.05, 0) is 38.5 Å². The highest BCUT2D eigenvalue weighted by Gasteiger charge is 2.24. The van der Waals surface area contributed by atoms with E-state index in [0.29, 0.717) is 25.0 Å². The first-order valence-electron chi connectivity index (χ1n) is 9.03. The Labute approximate surface area is 139 Å². The Balaban J connectivity index is 1.60. The number of hydrogen-bond acceptors (Lipinski definition) is 4. The Kier molecular flexibility index (Phi) is 7.15. The molecule has 0 aromatic rings. The number of piperidine rings is 2. The highest BCUT2D eigenvalue weighted by atomic mass is 16.6. The maximum Gasteiger partial charge on any atom is 0.409 e. The number of hydrogen-bond donors (Lipinski definition) is 1. The molecule has 1 atom stereocenters. The normalized spacial score (nSPS) is 23.0. The second-order valence-electron chi connectivity index (χ2n) is 6.75. The lowest BCUT2D eigenvalue weighted by Crippen LogP contribution is -2.46. The minimum atomic E-state index is -0.208. The fourth-order valence-corrected chi connectivity index (χ4v) is 3.44. The van der Waals surface area contributed by atoms with E-state index in [1.54, 1.807) is 4.90 Å². The SMILES string of the molecule is CCOC(=O)N1CCC(NCCC(=O)N2CCC[C@@H](C)C2)CC1. The number of carbonyl (C=O) groups excluding carboxylic acids is 2. The standard InChI is InChI=1S/C17H31N3O3/c1-3-23-17(22)19-11-7-15(8-12-19)18-9-6-16(21)20-10-4-5-14(2)13-20/h14-15,18H,3-13H2,1-2H3/t14-/m1/s1. The van der Waals surface area contributed by atoms with Crippen LogP contribution in [0.5, 0.6) is 0 Å². The van der Waals surface area contributed by atoms with Crippen molar-refractivity contribution in [2.24, 2.45) is 5.92 Å². The van der Waals surface area contributed by atoms with Gasteiger partial charge in [0.05, 0.1) is 6.61 Å². The van der Waals surface area contributed by atoms with Crippen LogP contribution in [0.1, 0.15) is 46.0 Å². The van der Waals surface area contributed by atoms with Crippen LogP contribution in [0.25, 0.3) is 0 Å². The summed E-state index contributed by atoms with van der Waals surface area (Å²) in [5.74, 6) is 0.904. The molecule has 23 heavy (non-hydrogen) atoms. The Bertz CT molecular complexity index is 395. The summed E-state index contributed by atoms with van der Waals surface area (Å²) in [5.41, 5.74) is 0. The van der Waals surface area contributed by atoms with Crippen LogP contribution in [0.4, 0.5) is 4.79 Å². The highest BCUT2D eigenvalue weighted by Crippen LogP contribution is 2.16. The molecule has 2 saturated heterocycles. The van der Waals surface area contributed by atoms with Crippen LogP contribution in [0.2, 0.25) is 0 Å². The van der Waals surface area contributed by atoms with Gasteiger partial charge in [-0.3, -0.25) is 4.79 Å². The van der Waals surface area contributed by atoms with Crippen LogP contribution in [-0.4, -0.2) is 67.2 Å². The summed E-state index contributed by atoms with van der Waals surface area (Å²) in [5, 5.41) is 3.47. The van der Waals surface area contributed by atoms with Gasteiger partial charge < -0.3 is 19.9 Å². The second kappa shape index (κ2) is 9.11. The van der Waals surface area contributed by atoms with E-state index in [1.165, 1.54) is 6.42 Å². The molecule has 0 saturated carbocycles. The molecule has 132 valence electrons. The fraction of sp³-hybridized carbons (Fsp3) is 0.882. The van der Waals surface area contributed by atoms with Gasteiger partial charge in [-0.1, -0.05) is 6.92 Å². The molecule has 1 N–H and O–H groups in total. The molecule has 2 aliphatic rings. The predicted molar refractivity (Wildman–Crippen MR) is 89.2 cm³/mol. The molecule has 2 aliphatic heterocycles. The van der Waals surface area contributed by atoms with Gasteiger partial charge in [0.25, 0.3) is 0 Å². The molecule has 2 fully saturated rings. The summed E-state index contributed by atoms with van der Waals surface area (Å²) in [4.78, 5) is 27.6. The number of ether oxygens (including phenoxy) is 1. The van der Waals surface area contributed by atoms with Crippen molar-refractivity contribution in [3.8, 4) is 0 Å². The molecule has 0 aromatic heterocycles. The lowest BCUT2D eigenvalue weighted by atomic mass is 10.00. The summed E-state index contributed by atoms with van der Waals surface area (Å²) < 4.78 is 5.02. The van der Waals surface area contributed by atoms with Crippen molar-refractivity contribution in [3.63, 3.8) is 0 Å². The van der Waals surface area contributed by atoms with Crippen molar-refractivity contribution in [2.75, 3.05) is 39.3 Å².